The molecule has 1 atom stereocenters. The maximum absolute atomic E-state index is 12.0. The van der Waals surface area contributed by atoms with Crippen LogP contribution in [0.25, 0.3) is 0 Å². The third kappa shape index (κ3) is 3.97. The van der Waals surface area contributed by atoms with Crippen molar-refractivity contribution in [1.82, 2.24) is 4.72 Å². The first-order chi connectivity index (χ1) is 8.36. The number of aliphatic hydroxyl groups is 1. The highest BCUT2D eigenvalue weighted by Gasteiger charge is 2.17. The van der Waals surface area contributed by atoms with Gasteiger partial charge in [0.05, 0.1) is 11.8 Å². The third-order valence-corrected chi connectivity index (χ3v) is 4.23. The number of benzene rings is 1. The third-order valence-electron chi connectivity index (χ3n) is 2.70. The van der Waals surface area contributed by atoms with E-state index in [1.54, 1.807) is 12.1 Å². The van der Waals surface area contributed by atoms with E-state index in [0.717, 1.165) is 5.56 Å². The predicted octanol–water partition coefficient (Wildman–Crippen LogP) is 1.02. The maximum atomic E-state index is 12.0. The summed E-state index contributed by atoms with van der Waals surface area (Å²) in [5.41, 5.74) is 6.84. The van der Waals surface area contributed by atoms with Crippen LogP contribution in [0.1, 0.15) is 25.3 Å². The van der Waals surface area contributed by atoms with Gasteiger partial charge < -0.3 is 10.8 Å². The Morgan fingerprint density at radius 1 is 1.44 bits per heavy atom. The van der Waals surface area contributed by atoms with Crippen molar-refractivity contribution in [2.24, 2.45) is 0 Å². The lowest BCUT2D eigenvalue weighted by atomic mass is 10.2. The highest BCUT2D eigenvalue weighted by atomic mass is 32.2. The zero-order valence-electron chi connectivity index (χ0n) is 10.7. The van der Waals surface area contributed by atoms with Gasteiger partial charge in [-0.3, -0.25) is 0 Å². The van der Waals surface area contributed by atoms with Crippen molar-refractivity contribution >= 4 is 15.7 Å². The summed E-state index contributed by atoms with van der Waals surface area (Å²) in [6, 6.07) is 4.81. The molecule has 4 N–H and O–H groups in total. The number of hydrogen-bond donors (Lipinski definition) is 3. The summed E-state index contributed by atoms with van der Waals surface area (Å²) in [6.07, 6.45) is 0.513. The average Bonchev–Trinajstić information content (AvgIpc) is 2.27. The molecule has 102 valence electrons. The van der Waals surface area contributed by atoms with Crippen molar-refractivity contribution in [3.05, 3.63) is 23.8 Å². The highest BCUT2D eigenvalue weighted by Crippen LogP contribution is 2.19. The number of nitrogens with two attached hydrogens (primary N) is 1. The molecule has 0 saturated carbocycles. The SMILES string of the molecule is CCC(O)CCNS(=O)(=O)c1ccc(C)cc1N. The Labute approximate surface area is 108 Å². The van der Waals surface area contributed by atoms with Gasteiger partial charge in [0.25, 0.3) is 0 Å². The molecular formula is C12H20N2O3S. The summed E-state index contributed by atoms with van der Waals surface area (Å²) in [7, 11) is -3.60. The van der Waals surface area contributed by atoms with Crippen molar-refractivity contribution in [2.75, 3.05) is 12.3 Å². The van der Waals surface area contributed by atoms with Crippen LogP contribution in [0.3, 0.4) is 0 Å². The Balaban J connectivity index is 2.74. The Morgan fingerprint density at radius 2 is 2.11 bits per heavy atom. The van der Waals surface area contributed by atoms with Gasteiger partial charge in [-0.25, -0.2) is 13.1 Å². The number of nitrogens with one attached hydrogen (secondary N) is 1. The van der Waals surface area contributed by atoms with Crippen LogP contribution in [0.4, 0.5) is 5.69 Å². The van der Waals surface area contributed by atoms with Crippen LogP contribution in [0.15, 0.2) is 23.1 Å². The Kier molecular flexibility index (Phi) is 5.13. The van der Waals surface area contributed by atoms with E-state index >= 15 is 0 Å². The van der Waals surface area contributed by atoms with Crippen molar-refractivity contribution < 1.29 is 13.5 Å². The van der Waals surface area contributed by atoms with Gasteiger partial charge in [0, 0.05) is 6.54 Å². The summed E-state index contributed by atoms with van der Waals surface area (Å²) >= 11 is 0. The first-order valence-electron chi connectivity index (χ1n) is 5.90. The molecule has 0 aromatic heterocycles. The van der Waals surface area contributed by atoms with E-state index in [1.807, 2.05) is 13.8 Å². The van der Waals surface area contributed by atoms with Crippen LogP contribution in [0.2, 0.25) is 0 Å². The highest BCUT2D eigenvalue weighted by molar-refractivity contribution is 7.89. The topological polar surface area (TPSA) is 92.4 Å². The molecule has 0 aliphatic heterocycles. The molecule has 18 heavy (non-hydrogen) atoms. The van der Waals surface area contributed by atoms with Crippen LogP contribution < -0.4 is 10.5 Å². The maximum Gasteiger partial charge on any atom is 0.242 e. The zero-order valence-corrected chi connectivity index (χ0v) is 11.5. The monoisotopic (exact) mass is 272 g/mol. The fraction of sp³-hybridized carbons (Fsp3) is 0.500. The van der Waals surface area contributed by atoms with Crippen LogP contribution in [-0.4, -0.2) is 26.2 Å². The number of aryl methyl sites for hydroxylation is 1. The summed E-state index contributed by atoms with van der Waals surface area (Å²) in [4.78, 5) is 0.0825. The molecular weight excluding hydrogens is 252 g/mol. The lowest BCUT2D eigenvalue weighted by Gasteiger charge is -2.11. The summed E-state index contributed by atoms with van der Waals surface area (Å²) in [5, 5.41) is 9.36. The van der Waals surface area contributed by atoms with E-state index in [9.17, 15) is 13.5 Å². The number of hydrogen-bond acceptors (Lipinski definition) is 4. The summed E-state index contributed by atoms with van der Waals surface area (Å²) < 4.78 is 26.4. The van der Waals surface area contributed by atoms with Gasteiger partial charge in [0.15, 0.2) is 0 Å². The fourth-order valence-corrected chi connectivity index (χ4v) is 2.71. The van der Waals surface area contributed by atoms with Gasteiger partial charge in [0.2, 0.25) is 10.0 Å². The Morgan fingerprint density at radius 3 is 2.67 bits per heavy atom. The smallest absolute Gasteiger partial charge is 0.242 e. The number of anilines is 1. The number of rotatable bonds is 6. The normalized spacial score (nSPS) is 13.5. The molecule has 0 heterocycles. The molecule has 1 rings (SSSR count). The minimum absolute atomic E-state index is 0.0825. The second kappa shape index (κ2) is 6.17. The first kappa shape index (κ1) is 14.9. The fourth-order valence-electron chi connectivity index (χ4n) is 1.55. The van der Waals surface area contributed by atoms with Crippen LogP contribution in [-0.2, 0) is 10.0 Å². The molecule has 0 fully saturated rings. The molecule has 6 heteroatoms. The molecule has 1 aromatic rings. The molecule has 0 aliphatic carbocycles. The molecule has 0 spiro atoms. The molecule has 0 radical (unpaired) electrons. The Hall–Kier alpha value is -1.11. The molecule has 0 saturated heterocycles. The van der Waals surface area contributed by atoms with E-state index in [4.69, 9.17) is 5.73 Å². The molecule has 5 nitrogen and oxygen atoms in total. The van der Waals surface area contributed by atoms with Crippen molar-refractivity contribution in [1.29, 1.82) is 0 Å². The second-order valence-corrected chi connectivity index (χ2v) is 6.03. The lowest BCUT2D eigenvalue weighted by Crippen LogP contribution is -2.27. The predicted molar refractivity (Wildman–Crippen MR) is 71.7 cm³/mol. The molecule has 0 bridgehead atoms. The zero-order chi connectivity index (χ0) is 13.8. The Bertz CT molecular complexity index is 500. The number of sulfonamides is 1. The molecule has 0 aliphatic rings. The van der Waals surface area contributed by atoms with Crippen LogP contribution in [0, 0.1) is 6.92 Å². The van der Waals surface area contributed by atoms with Gasteiger partial charge in [-0.2, -0.15) is 0 Å². The molecule has 0 amide bonds. The van der Waals surface area contributed by atoms with E-state index in [1.165, 1.54) is 6.07 Å². The average molecular weight is 272 g/mol. The summed E-state index contributed by atoms with van der Waals surface area (Å²) in [6.45, 7) is 3.89. The van der Waals surface area contributed by atoms with E-state index in [2.05, 4.69) is 4.72 Å². The second-order valence-electron chi connectivity index (χ2n) is 4.29. The quantitative estimate of drug-likeness (QED) is 0.674. The van der Waals surface area contributed by atoms with E-state index in [0.29, 0.717) is 12.8 Å². The lowest BCUT2D eigenvalue weighted by molar-refractivity contribution is 0.162. The number of aliphatic hydroxyl groups excluding tert-OH is 1. The van der Waals surface area contributed by atoms with Crippen LogP contribution >= 0.6 is 0 Å². The van der Waals surface area contributed by atoms with Gasteiger partial charge in [-0.1, -0.05) is 13.0 Å². The van der Waals surface area contributed by atoms with Crippen LogP contribution in [0.5, 0.6) is 0 Å². The van der Waals surface area contributed by atoms with Crippen molar-refractivity contribution in [3.63, 3.8) is 0 Å². The number of nitrogen functional groups attached to an aromatic ring is 1. The molecule has 1 unspecified atom stereocenters. The van der Waals surface area contributed by atoms with Gasteiger partial charge in [-0.05, 0) is 37.5 Å². The van der Waals surface area contributed by atoms with Crippen molar-refractivity contribution in [2.45, 2.75) is 37.7 Å². The minimum Gasteiger partial charge on any atom is -0.398 e. The minimum atomic E-state index is -3.60. The first-order valence-corrected chi connectivity index (χ1v) is 7.39. The van der Waals surface area contributed by atoms with Gasteiger partial charge in [0.1, 0.15) is 4.90 Å². The summed E-state index contributed by atoms with van der Waals surface area (Å²) in [5.74, 6) is 0. The molecule has 1 aromatic carbocycles. The standard InChI is InChI=1S/C12H20N2O3S/c1-3-10(15)6-7-14-18(16,17)12-5-4-9(2)8-11(12)13/h4-5,8,10,14-15H,3,6-7,13H2,1-2H3. The van der Waals surface area contributed by atoms with Gasteiger partial charge in [-0.15, -0.1) is 0 Å². The van der Waals surface area contributed by atoms with E-state index in [-0.39, 0.29) is 17.1 Å². The largest absolute Gasteiger partial charge is 0.398 e. The van der Waals surface area contributed by atoms with Crippen molar-refractivity contribution in [3.8, 4) is 0 Å². The van der Waals surface area contributed by atoms with E-state index < -0.39 is 16.1 Å². The van der Waals surface area contributed by atoms with Gasteiger partial charge >= 0.3 is 0 Å².